The second-order valence-corrected chi connectivity index (χ2v) is 5.43. The Morgan fingerprint density at radius 3 is 2.58 bits per heavy atom. The summed E-state index contributed by atoms with van der Waals surface area (Å²) in [5.74, 6) is -2.36. The fraction of sp³-hybridized carbons (Fsp3) is 0.538. The maximum atomic E-state index is 13.8. The first kappa shape index (κ1) is 14.6. The lowest BCUT2D eigenvalue weighted by Crippen LogP contribution is -2.39. The third-order valence-electron chi connectivity index (χ3n) is 3.62. The number of hydrogen-bond donors (Lipinski definition) is 1. The van der Waals surface area contributed by atoms with E-state index in [4.69, 9.17) is 11.6 Å². The molecule has 1 saturated carbocycles. The normalized spacial score (nSPS) is 28.4. The van der Waals surface area contributed by atoms with Crippen LogP contribution in [-0.4, -0.2) is 11.3 Å². The van der Waals surface area contributed by atoms with E-state index in [0.717, 1.165) is 6.07 Å². The summed E-state index contributed by atoms with van der Waals surface area (Å²) < 4.78 is 52.0. The molecule has 1 nitrogen and oxygen atoms in total. The molecule has 2 rings (SSSR count). The van der Waals surface area contributed by atoms with Gasteiger partial charge in [0.25, 0.3) is 0 Å². The van der Waals surface area contributed by atoms with Crippen molar-refractivity contribution in [2.75, 3.05) is 0 Å². The van der Waals surface area contributed by atoms with Crippen LogP contribution in [0.4, 0.5) is 17.6 Å². The minimum atomic E-state index is -4.36. The van der Waals surface area contributed by atoms with Crippen molar-refractivity contribution in [2.45, 2.75) is 37.5 Å². The Labute approximate surface area is 113 Å². The standard InChI is InChI=1S/C13H13ClF4O/c14-9-3-4-10(11(15)6-9)12(19)5-1-2-8(7-12)13(16,17)18/h3-4,6,8,19H,1-2,5,7H2. The van der Waals surface area contributed by atoms with Crippen LogP contribution in [0, 0.1) is 11.7 Å². The number of benzene rings is 1. The highest BCUT2D eigenvalue weighted by Gasteiger charge is 2.48. The van der Waals surface area contributed by atoms with Crippen molar-refractivity contribution in [3.8, 4) is 0 Å². The summed E-state index contributed by atoms with van der Waals surface area (Å²) in [6.45, 7) is 0. The first-order valence-electron chi connectivity index (χ1n) is 5.97. The molecule has 0 aliphatic heterocycles. The van der Waals surface area contributed by atoms with E-state index in [2.05, 4.69) is 0 Å². The minimum Gasteiger partial charge on any atom is -0.385 e. The van der Waals surface area contributed by atoms with Gasteiger partial charge in [-0.1, -0.05) is 17.7 Å². The molecule has 1 fully saturated rings. The summed E-state index contributed by atoms with van der Waals surface area (Å²) in [6, 6.07) is 3.64. The molecular formula is C13H13ClF4O. The van der Waals surface area contributed by atoms with Crippen LogP contribution in [0.3, 0.4) is 0 Å². The quantitative estimate of drug-likeness (QED) is 0.761. The van der Waals surface area contributed by atoms with Crippen LogP contribution >= 0.6 is 11.6 Å². The van der Waals surface area contributed by atoms with Crippen LogP contribution in [0.15, 0.2) is 18.2 Å². The van der Waals surface area contributed by atoms with Gasteiger partial charge in [-0.2, -0.15) is 13.2 Å². The number of hydrogen-bond acceptors (Lipinski definition) is 1. The summed E-state index contributed by atoms with van der Waals surface area (Å²) in [4.78, 5) is 0. The Hall–Kier alpha value is -0.810. The van der Waals surface area contributed by atoms with Crippen LogP contribution in [0.25, 0.3) is 0 Å². The fourth-order valence-corrected chi connectivity index (χ4v) is 2.80. The second kappa shape index (κ2) is 4.94. The van der Waals surface area contributed by atoms with E-state index < -0.39 is 29.9 Å². The highest BCUT2D eigenvalue weighted by molar-refractivity contribution is 6.30. The van der Waals surface area contributed by atoms with Crippen molar-refractivity contribution in [1.82, 2.24) is 0 Å². The van der Waals surface area contributed by atoms with Crippen molar-refractivity contribution in [2.24, 2.45) is 5.92 Å². The predicted octanol–water partition coefficient (Wildman–Crippen LogP) is 4.42. The summed E-state index contributed by atoms with van der Waals surface area (Å²) in [7, 11) is 0. The third kappa shape index (κ3) is 3.03. The number of alkyl halides is 3. The van der Waals surface area contributed by atoms with Gasteiger partial charge in [-0.25, -0.2) is 4.39 Å². The SMILES string of the molecule is OC1(c2ccc(Cl)cc2F)CCCC(C(F)(F)F)C1. The first-order chi connectivity index (χ1) is 8.72. The van der Waals surface area contributed by atoms with E-state index in [0.29, 0.717) is 0 Å². The zero-order valence-electron chi connectivity index (χ0n) is 9.97. The van der Waals surface area contributed by atoms with Gasteiger partial charge in [0, 0.05) is 10.6 Å². The summed E-state index contributed by atoms with van der Waals surface area (Å²) in [6.07, 6.45) is -4.56. The number of aliphatic hydroxyl groups is 1. The maximum absolute atomic E-state index is 13.8. The molecule has 0 heterocycles. The zero-order chi connectivity index (χ0) is 14.3. The van der Waals surface area contributed by atoms with Crippen LogP contribution in [0.1, 0.15) is 31.2 Å². The molecule has 0 spiro atoms. The molecule has 0 saturated heterocycles. The van der Waals surface area contributed by atoms with Gasteiger partial charge in [0.05, 0.1) is 11.5 Å². The Bertz CT molecular complexity index is 474. The Balaban J connectivity index is 2.31. The van der Waals surface area contributed by atoms with Gasteiger partial charge in [-0.05, 0) is 37.8 Å². The largest absolute Gasteiger partial charge is 0.391 e. The smallest absolute Gasteiger partial charge is 0.385 e. The van der Waals surface area contributed by atoms with Crippen molar-refractivity contribution >= 4 is 11.6 Å². The molecule has 19 heavy (non-hydrogen) atoms. The van der Waals surface area contributed by atoms with Gasteiger partial charge in [-0.15, -0.1) is 0 Å². The average molecular weight is 297 g/mol. The zero-order valence-corrected chi connectivity index (χ0v) is 10.7. The van der Waals surface area contributed by atoms with Crippen molar-refractivity contribution in [1.29, 1.82) is 0 Å². The monoisotopic (exact) mass is 296 g/mol. The van der Waals surface area contributed by atoms with Crippen LogP contribution < -0.4 is 0 Å². The van der Waals surface area contributed by atoms with Crippen LogP contribution in [0.5, 0.6) is 0 Å². The molecule has 1 aromatic rings. The molecular weight excluding hydrogens is 284 g/mol. The van der Waals surface area contributed by atoms with Crippen molar-refractivity contribution < 1.29 is 22.7 Å². The average Bonchev–Trinajstić information content (AvgIpc) is 2.27. The lowest BCUT2D eigenvalue weighted by molar-refractivity contribution is -0.202. The highest BCUT2D eigenvalue weighted by Crippen LogP contribution is 2.46. The van der Waals surface area contributed by atoms with Gasteiger partial charge in [0.15, 0.2) is 0 Å². The Kier molecular flexibility index (Phi) is 3.80. The van der Waals surface area contributed by atoms with Crippen molar-refractivity contribution in [3.05, 3.63) is 34.6 Å². The molecule has 0 aromatic heterocycles. The molecule has 2 unspecified atom stereocenters. The first-order valence-corrected chi connectivity index (χ1v) is 6.35. The number of halogens is 5. The fourth-order valence-electron chi connectivity index (χ4n) is 2.64. The maximum Gasteiger partial charge on any atom is 0.391 e. The van der Waals surface area contributed by atoms with Gasteiger partial charge in [0.2, 0.25) is 0 Å². The third-order valence-corrected chi connectivity index (χ3v) is 3.86. The lowest BCUT2D eigenvalue weighted by atomic mass is 9.74. The summed E-state index contributed by atoms with van der Waals surface area (Å²) in [5, 5.41) is 10.5. The van der Waals surface area contributed by atoms with E-state index in [9.17, 15) is 22.7 Å². The lowest BCUT2D eigenvalue weighted by Gasteiger charge is -2.38. The number of rotatable bonds is 1. The molecule has 0 bridgehead atoms. The van der Waals surface area contributed by atoms with E-state index in [1.165, 1.54) is 12.1 Å². The molecule has 1 aliphatic rings. The van der Waals surface area contributed by atoms with E-state index in [1.54, 1.807) is 0 Å². The topological polar surface area (TPSA) is 20.2 Å². The van der Waals surface area contributed by atoms with E-state index >= 15 is 0 Å². The molecule has 0 amide bonds. The van der Waals surface area contributed by atoms with E-state index in [-0.39, 0.29) is 29.8 Å². The molecule has 1 aliphatic carbocycles. The van der Waals surface area contributed by atoms with E-state index in [1.807, 2.05) is 0 Å². The molecule has 2 atom stereocenters. The van der Waals surface area contributed by atoms with Crippen LogP contribution in [-0.2, 0) is 5.60 Å². The second-order valence-electron chi connectivity index (χ2n) is 4.99. The molecule has 1 aromatic carbocycles. The summed E-state index contributed by atoms with van der Waals surface area (Å²) in [5.41, 5.74) is -1.88. The molecule has 6 heteroatoms. The Morgan fingerprint density at radius 1 is 1.32 bits per heavy atom. The van der Waals surface area contributed by atoms with Gasteiger partial charge in [0.1, 0.15) is 5.82 Å². The van der Waals surface area contributed by atoms with Gasteiger partial charge < -0.3 is 5.11 Å². The summed E-state index contributed by atoms with van der Waals surface area (Å²) >= 11 is 5.60. The van der Waals surface area contributed by atoms with Gasteiger partial charge >= 0.3 is 6.18 Å². The Morgan fingerprint density at radius 2 is 2.00 bits per heavy atom. The van der Waals surface area contributed by atoms with Crippen molar-refractivity contribution in [3.63, 3.8) is 0 Å². The predicted molar refractivity (Wildman–Crippen MR) is 63.3 cm³/mol. The highest BCUT2D eigenvalue weighted by atomic mass is 35.5. The van der Waals surface area contributed by atoms with Gasteiger partial charge in [-0.3, -0.25) is 0 Å². The molecule has 0 radical (unpaired) electrons. The van der Waals surface area contributed by atoms with Crippen LogP contribution in [0.2, 0.25) is 5.02 Å². The molecule has 106 valence electrons. The molecule has 1 N–H and O–H groups in total. The minimum absolute atomic E-state index is 0.0268.